The van der Waals surface area contributed by atoms with E-state index in [1.807, 2.05) is 0 Å². The lowest BCUT2D eigenvalue weighted by atomic mass is 10.0. The number of benzene rings is 1. The van der Waals surface area contributed by atoms with Gasteiger partial charge in [0.25, 0.3) is 0 Å². The fourth-order valence-corrected chi connectivity index (χ4v) is 3.64. The highest BCUT2D eigenvalue weighted by atomic mass is 19.4. The Morgan fingerprint density at radius 3 is 2.72 bits per heavy atom. The van der Waals surface area contributed by atoms with Crippen molar-refractivity contribution in [2.45, 2.75) is 32.0 Å². The number of aryl methyl sites for hydroxylation is 1. The van der Waals surface area contributed by atoms with Gasteiger partial charge in [-0.3, -0.25) is 9.78 Å². The number of pyridine rings is 1. The lowest BCUT2D eigenvalue weighted by Crippen LogP contribution is -2.43. The second-order valence-electron chi connectivity index (χ2n) is 7.56. The Labute approximate surface area is 182 Å². The van der Waals surface area contributed by atoms with Crippen molar-refractivity contribution < 1.29 is 27.3 Å². The van der Waals surface area contributed by atoms with Gasteiger partial charge in [0.05, 0.1) is 30.8 Å². The topological polar surface area (TPSA) is 81.4 Å². The Morgan fingerprint density at radius 1 is 1.16 bits per heavy atom. The second-order valence-corrected chi connectivity index (χ2v) is 7.56. The van der Waals surface area contributed by atoms with Crippen LogP contribution in [-0.4, -0.2) is 45.8 Å². The van der Waals surface area contributed by atoms with Crippen molar-refractivity contribution >= 4 is 5.91 Å². The SMILES string of the molecule is Cc1nonc1CC(=O)N1CCO[C@@H](c2cccc(Cc3ccccc3C(F)(F)F)n2)C1. The second kappa shape index (κ2) is 9.07. The maximum absolute atomic E-state index is 13.3. The van der Waals surface area contributed by atoms with Crippen molar-refractivity contribution in [1.29, 1.82) is 0 Å². The van der Waals surface area contributed by atoms with Crippen LogP contribution in [0.1, 0.15) is 40.0 Å². The van der Waals surface area contributed by atoms with Crippen LogP contribution in [0.2, 0.25) is 0 Å². The van der Waals surface area contributed by atoms with E-state index < -0.39 is 17.8 Å². The molecule has 10 heteroatoms. The molecule has 1 aromatic carbocycles. The number of nitrogens with zero attached hydrogens (tertiary/aromatic N) is 4. The maximum atomic E-state index is 13.3. The molecule has 1 amide bonds. The number of amides is 1. The number of morpholine rings is 1. The Balaban J connectivity index is 1.47. The molecule has 0 saturated carbocycles. The predicted octanol–water partition coefficient (Wildman–Crippen LogP) is 3.53. The summed E-state index contributed by atoms with van der Waals surface area (Å²) in [6.07, 6.45) is -4.79. The molecule has 1 atom stereocenters. The van der Waals surface area contributed by atoms with Crippen LogP contribution < -0.4 is 0 Å². The summed E-state index contributed by atoms with van der Waals surface area (Å²) < 4.78 is 50.4. The molecular weight excluding hydrogens is 425 g/mol. The third-order valence-corrected chi connectivity index (χ3v) is 5.34. The van der Waals surface area contributed by atoms with Crippen molar-refractivity contribution in [1.82, 2.24) is 20.2 Å². The summed E-state index contributed by atoms with van der Waals surface area (Å²) in [5, 5.41) is 7.43. The van der Waals surface area contributed by atoms with E-state index in [-0.39, 0.29) is 24.3 Å². The van der Waals surface area contributed by atoms with Gasteiger partial charge in [0, 0.05) is 18.7 Å². The van der Waals surface area contributed by atoms with Crippen molar-refractivity contribution in [2.24, 2.45) is 0 Å². The van der Waals surface area contributed by atoms with Gasteiger partial charge in [0.15, 0.2) is 0 Å². The average Bonchev–Trinajstić information content (AvgIpc) is 3.18. The molecule has 1 saturated heterocycles. The van der Waals surface area contributed by atoms with E-state index in [9.17, 15) is 18.0 Å². The van der Waals surface area contributed by atoms with Crippen LogP contribution in [0.3, 0.4) is 0 Å². The summed E-state index contributed by atoms with van der Waals surface area (Å²) in [6, 6.07) is 10.6. The number of hydrogen-bond donors (Lipinski definition) is 0. The van der Waals surface area contributed by atoms with E-state index >= 15 is 0 Å². The first-order valence-corrected chi connectivity index (χ1v) is 10.1. The van der Waals surface area contributed by atoms with E-state index in [1.54, 1.807) is 36.1 Å². The maximum Gasteiger partial charge on any atom is 0.416 e. The summed E-state index contributed by atoms with van der Waals surface area (Å²) >= 11 is 0. The molecule has 0 bridgehead atoms. The predicted molar refractivity (Wildman–Crippen MR) is 106 cm³/mol. The van der Waals surface area contributed by atoms with Gasteiger partial charge in [-0.25, -0.2) is 4.63 Å². The molecule has 7 nitrogen and oxygen atoms in total. The van der Waals surface area contributed by atoms with Gasteiger partial charge in [-0.2, -0.15) is 13.2 Å². The molecule has 4 rings (SSSR count). The molecule has 3 heterocycles. The average molecular weight is 446 g/mol. The Kier molecular flexibility index (Phi) is 6.22. The number of carbonyl (C=O) groups excluding carboxylic acids is 1. The van der Waals surface area contributed by atoms with Crippen molar-refractivity contribution in [3.05, 3.63) is 76.4 Å². The van der Waals surface area contributed by atoms with Gasteiger partial charge in [-0.1, -0.05) is 34.6 Å². The fraction of sp³-hybridized carbons (Fsp3) is 0.364. The molecule has 32 heavy (non-hydrogen) atoms. The standard InChI is InChI=1S/C22H21F3N4O3/c1-14-19(28-32-27-14)12-21(30)29-9-10-31-20(13-29)18-8-4-6-16(26-18)11-15-5-2-3-7-17(15)22(23,24)25/h2-8,20H,9-13H2,1H3/t20-/m1/s1. The first kappa shape index (κ1) is 21.9. The molecule has 0 N–H and O–H groups in total. The fourth-order valence-electron chi connectivity index (χ4n) is 3.64. The number of hydrogen-bond acceptors (Lipinski definition) is 6. The Morgan fingerprint density at radius 2 is 1.97 bits per heavy atom. The third kappa shape index (κ3) is 4.96. The first-order valence-electron chi connectivity index (χ1n) is 10.1. The molecule has 1 fully saturated rings. The van der Waals surface area contributed by atoms with E-state index in [2.05, 4.69) is 19.9 Å². The largest absolute Gasteiger partial charge is 0.416 e. The minimum Gasteiger partial charge on any atom is -0.368 e. The molecule has 0 aliphatic carbocycles. The lowest BCUT2D eigenvalue weighted by molar-refractivity contribution is -0.139. The summed E-state index contributed by atoms with van der Waals surface area (Å²) in [7, 11) is 0. The van der Waals surface area contributed by atoms with Crippen LogP contribution in [0.15, 0.2) is 47.1 Å². The van der Waals surface area contributed by atoms with Crippen LogP contribution in [-0.2, 0) is 28.5 Å². The van der Waals surface area contributed by atoms with Crippen LogP contribution in [0.5, 0.6) is 0 Å². The highest BCUT2D eigenvalue weighted by Crippen LogP contribution is 2.33. The summed E-state index contributed by atoms with van der Waals surface area (Å²) in [5.41, 5.74) is 1.61. The molecule has 0 spiro atoms. The van der Waals surface area contributed by atoms with Gasteiger partial charge in [0.2, 0.25) is 5.91 Å². The number of alkyl halides is 3. The molecule has 3 aromatic rings. The van der Waals surface area contributed by atoms with Crippen LogP contribution in [0.4, 0.5) is 13.2 Å². The summed E-state index contributed by atoms with van der Waals surface area (Å²) in [5.74, 6) is -0.132. The van der Waals surface area contributed by atoms with Crippen LogP contribution >= 0.6 is 0 Å². The monoisotopic (exact) mass is 446 g/mol. The van der Waals surface area contributed by atoms with E-state index in [4.69, 9.17) is 4.74 Å². The smallest absolute Gasteiger partial charge is 0.368 e. The highest BCUT2D eigenvalue weighted by Gasteiger charge is 2.33. The molecule has 1 aliphatic rings. The molecule has 1 aliphatic heterocycles. The third-order valence-electron chi connectivity index (χ3n) is 5.34. The molecule has 0 unspecified atom stereocenters. The zero-order chi connectivity index (χ0) is 22.7. The number of rotatable bonds is 5. The van der Waals surface area contributed by atoms with E-state index in [0.29, 0.717) is 42.5 Å². The number of aromatic nitrogens is 3. The van der Waals surface area contributed by atoms with Gasteiger partial charge in [0.1, 0.15) is 17.5 Å². The van der Waals surface area contributed by atoms with Crippen molar-refractivity contribution in [3.8, 4) is 0 Å². The first-order chi connectivity index (χ1) is 15.3. The van der Waals surface area contributed by atoms with Gasteiger partial charge in [-0.05, 0) is 30.7 Å². The summed E-state index contributed by atoms with van der Waals surface area (Å²) in [6.45, 7) is 2.76. The van der Waals surface area contributed by atoms with Gasteiger partial charge >= 0.3 is 6.18 Å². The molecule has 2 aromatic heterocycles. The lowest BCUT2D eigenvalue weighted by Gasteiger charge is -2.32. The number of ether oxygens (including phenoxy) is 1. The van der Waals surface area contributed by atoms with E-state index in [1.165, 1.54) is 12.1 Å². The van der Waals surface area contributed by atoms with Crippen LogP contribution in [0, 0.1) is 6.92 Å². The minimum absolute atomic E-state index is 0.0390. The highest BCUT2D eigenvalue weighted by molar-refractivity contribution is 5.78. The zero-order valence-electron chi connectivity index (χ0n) is 17.3. The number of halogens is 3. The minimum atomic E-state index is -4.43. The Hall–Kier alpha value is -3.27. The van der Waals surface area contributed by atoms with E-state index in [0.717, 1.165) is 6.07 Å². The van der Waals surface area contributed by atoms with Crippen molar-refractivity contribution in [3.63, 3.8) is 0 Å². The quantitative estimate of drug-likeness (QED) is 0.597. The number of carbonyl (C=O) groups is 1. The van der Waals surface area contributed by atoms with Gasteiger partial charge < -0.3 is 9.64 Å². The molecular formula is C22H21F3N4O3. The summed E-state index contributed by atoms with van der Waals surface area (Å²) in [4.78, 5) is 18.9. The molecule has 168 valence electrons. The molecule has 0 radical (unpaired) electrons. The van der Waals surface area contributed by atoms with Crippen molar-refractivity contribution in [2.75, 3.05) is 19.7 Å². The van der Waals surface area contributed by atoms with Crippen LogP contribution in [0.25, 0.3) is 0 Å². The van der Waals surface area contributed by atoms with Gasteiger partial charge in [-0.15, -0.1) is 0 Å². The zero-order valence-corrected chi connectivity index (χ0v) is 17.3. The Bertz CT molecular complexity index is 1100. The normalized spacial score (nSPS) is 16.9.